The summed E-state index contributed by atoms with van der Waals surface area (Å²) >= 11 is 11.8. The third-order valence-corrected chi connectivity index (χ3v) is 5.31. The maximum atomic E-state index is 12.0. The molecule has 2 rings (SSSR count). The summed E-state index contributed by atoms with van der Waals surface area (Å²) < 4.78 is 25.5. The quantitative estimate of drug-likeness (QED) is 0.512. The molecule has 0 spiro atoms. The molecule has 1 N–H and O–H groups in total. The van der Waals surface area contributed by atoms with Gasteiger partial charge in [-0.3, -0.25) is 10.1 Å². The number of nitrogens with zero attached hydrogens (tertiary/aromatic N) is 3. The number of halogens is 2. The molecule has 8 nitrogen and oxygen atoms in total. The number of sulfonamides is 1. The molecule has 0 aliphatic rings. The fourth-order valence-corrected chi connectivity index (χ4v) is 3.90. The zero-order valence-electron chi connectivity index (χ0n) is 9.28. The van der Waals surface area contributed by atoms with Gasteiger partial charge in [-0.05, 0) is 6.07 Å². The summed E-state index contributed by atoms with van der Waals surface area (Å²) in [5.74, 6) is -0.246. The van der Waals surface area contributed by atoms with Crippen molar-refractivity contribution in [1.29, 1.82) is 0 Å². The van der Waals surface area contributed by atoms with Crippen molar-refractivity contribution in [3.63, 3.8) is 0 Å². The Kier molecular flexibility index (Phi) is 4.09. The Labute approximate surface area is 126 Å². The number of nitro groups is 1. The molecule has 0 aromatic carbocycles. The lowest BCUT2D eigenvalue weighted by molar-refractivity contribution is -0.384. The third kappa shape index (κ3) is 3.15. The zero-order chi connectivity index (χ0) is 14.9. The molecule has 0 saturated carbocycles. The van der Waals surface area contributed by atoms with Crippen molar-refractivity contribution in [3.8, 4) is 0 Å². The maximum absolute atomic E-state index is 12.0. The van der Waals surface area contributed by atoms with Gasteiger partial charge in [0.15, 0.2) is 4.34 Å². The topological polar surface area (TPSA) is 115 Å². The second-order valence-electron chi connectivity index (χ2n) is 3.29. The van der Waals surface area contributed by atoms with Gasteiger partial charge in [-0.15, -0.1) is 11.3 Å². The maximum Gasteiger partial charge on any atom is 0.300 e. The van der Waals surface area contributed by atoms with Gasteiger partial charge in [0.1, 0.15) is 9.36 Å². The summed E-state index contributed by atoms with van der Waals surface area (Å²) in [4.78, 5) is 17.2. The molecule has 2 heterocycles. The normalized spacial score (nSPS) is 11.3. The van der Waals surface area contributed by atoms with Crippen molar-refractivity contribution in [1.82, 2.24) is 9.97 Å². The van der Waals surface area contributed by atoms with Crippen LogP contribution < -0.4 is 4.72 Å². The summed E-state index contributed by atoms with van der Waals surface area (Å²) in [6.45, 7) is 0. The molecule has 0 atom stereocenters. The first-order chi connectivity index (χ1) is 9.29. The number of hydrogen-bond donors (Lipinski definition) is 1. The molecule has 0 aliphatic heterocycles. The zero-order valence-corrected chi connectivity index (χ0v) is 12.4. The number of hydrogen-bond acceptors (Lipinski definition) is 7. The van der Waals surface area contributed by atoms with Gasteiger partial charge in [-0.2, -0.15) is 0 Å². The average Bonchev–Trinajstić information content (AvgIpc) is 2.71. The van der Waals surface area contributed by atoms with E-state index in [-0.39, 0.29) is 19.6 Å². The van der Waals surface area contributed by atoms with Gasteiger partial charge in [-0.25, -0.2) is 23.1 Å². The first-order valence-electron chi connectivity index (χ1n) is 4.74. The standard InChI is InChI=1S/C8H4Cl2N4O4S2/c9-5-1-2-11-8(12-5)13-20(17,18)6-3-4(14(15)16)7(10)19-6/h1-3H,(H,11,12,13). The summed E-state index contributed by atoms with van der Waals surface area (Å²) in [6, 6.07) is 2.23. The fourth-order valence-electron chi connectivity index (χ4n) is 1.15. The molecular weight excluding hydrogens is 351 g/mol. The number of rotatable bonds is 4. The van der Waals surface area contributed by atoms with Crippen LogP contribution in [0, 0.1) is 10.1 Å². The van der Waals surface area contributed by atoms with Crippen molar-refractivity contribution in [2.45, 2.75) is 4.21 Å². The SMILES string of the molecule is O=[N+]([O-])c1cc(S(=O)(=O)Nc2nccc(Cl)n2)sc1Cl. The number of anilines is 1. The summed E-state index contributed by atoms with van der Waals surface area (Å²) in [7, 11) is -4.07. The molecule has 0 radical (unpaired) electrons. The van der Waals surface area contributed by atoms with E-state index in [1.165, 1.54) is 12.3 Å². The molecule has 0 bridgehead atoms. The Morgan fingerprint density at radius 3 is 2.65 bits per heavy atom. The smallest absolute Gasteiger partial charge is 0.258 e. The predicted octanol–water partition coefficient (Wildman–Crippen LogP) is 2.55. The fraction of sp³-hybridized carbons (Fsp3) is 0. The minimum atomic E-state index is -4.07. The molecule has 12 heteroatoms. The van der Waals surface area contributed by atoms with Crippen LogP contribution in [-0.4, -0.2) is 23.3 Å². The second kappa shape index (κ2) is 5.48. The lowest BCUT2D eigenvalue weighted by Crippen LogP contribution is -2.13. The molecule has 0 amide bonds. The van der Waals surface area contributed by atoms with Crippen LogP contribution in [0.4, 0.5) is 11.6 Å². The van der Waals surface area contributed by atoms with Crippen LogP contribution in [0.5, 0.6) is 0 Å². The van der Waals surface area contributed by atoms with Gasteiger partial charge in [-0.1, -0.05) is 23.2 Å². The Morgan fingerprint density at radius 1 is 1.40 bits per heavy atom. The van der Waals surface area contributed by atoms with Gasteiger partial charge in [0.25, 0.3) is 15.7 Å². The highest BCUT2D eigenvalue weighted by Crippen LogP contribution is 2.36. The highest BCUT2D eigenvalue weighted by molar-refractivity contribution is 7.94. The first kappa shape index (κ1) is 14.9. The highest BCUT2D eigenvalue weighted by atomic mass is 35.5. The van der Waals surface area contributed by atoms with E-state index in [2.05, 4.69) is 9.97 Å². The van der Waals surface area contributed by atoms with Crippen LogP contribution >= 0.6 is 34.5 Å². The van der Waals surface area contributed by atoms with Crippen molar-refractivity contribution < 1.29 is 13.3 Å². The van der Waals surface area contributed by atoms with E-state index in [4.69, 9.17) is 23.2 Å². The molecule has 106 valence electrons. The average molecular weight is 355 g/mol. The summed E-state index contributed by atoms with van der Waals surface area (Å²) in [6.07, 6.45) is 1.26. The Morgan fingerprint density at radius 2 is 2.10 bits per heavy atom. The van der Waals surface area contributed by atoms with Crippen LogP contribution in [0.25, 0.3) is 0 Å². The van der Waals surface area contributed by atoms with Crippen LogP contribution in [0.2, 0.25) is 9.49 Å². The first-order valence-corrected chi connectivity index (χ1v) is 7.80. The molecular formula is C8H4Cl2N4O4S2. The monoisotopic (exact) mass is 354 g/mol. The minimum Gasteiger partial charge on any atom is -0.258 e. The van der Waals surface area contributed by atoms with Gasteiger partial charge in [0.05, 0.1) is 4.92 Å². The van der Waals surface area contributed by atoms with E-state index in [1.54, 1.807) is 0 Å². The van der Waals surface area contributed by atoms with Crippen molar-refractivity contribution >= 4 is 56.2 Å². The van der Waals surface area contributed by atoms with E-state index < -0.39 is 20.6 Å². The Hall–Kier alpha value is -1.49. The number of aromatic nitrogens is 2. The van der Waals surface area contributed by atoms with Crippen LogP contribution in [0.15, 0.2) is 22.5 Å². The van der Waals surface area contributed by atoms with Crippen molar-refractivity contribution in [2.75, 3.05) is 4.72 Å². The highest BCUT2D eigenvalue weighted by Gasteiger charge is 2.25. The largest absolute Gasteiger partial charge is 0.300 e. The van der Waals surface area contributed by atoms with Crippen LogP contribution in [0.3, 0.4) is 0 Å². The Bertz CT molecular complexity index is 777. The van der Waals surface area contributed by atoms with E-state index in [0.717, 1.165) is 6.07 Å². The molecule has 0 saturated heterocycles. The molecule has 0 fully saturated rings. The van der Waals surface area contributed by atoms with Gasteiger partial charge < -0.3 is 0 Å². The predicted molar refractivity (Wildman–Crippen MR) is 73.8 cm³/mol. The van der Waals surface area contributed by atoms with Crippen molar-refractivity contribution in [3.05, 3.63) is 37.9 Å². The molecule has 20 heavy (non-hydrogen) atoms. The van der Waals surface area contributed by atoms with Gasteiger partial charge >= 0.3 is 0 Å². The lowest BCUT2D eigenvalue weighted by atomic mass is 10.6. The molecule has 2 aromatic rings. The summed E-state index contributed by atoms with van der Waals surface area (Å²) in [5.41, 5.74) is -0.482. The second-order valence-corrected chi connectivity index (χ2v) is 7.24. The molecule has 2 aromatic heterocycles. The van der Waals surface area contributed by atoms with Gasteiger partial charge in [0.2, 0.25) is 5.95 Å². The minimum absolute atomic E-state index is 0.0490. The summed E-state index contributed by atoms with van der Waals surface area (Å²) in [5, 5.41) is 10.7. The van der Waals surface area contributed by atoms with E-state index in [1.807, 2.05) is 4.72 Å². The van der Waals surface area contributed by atoms with E-state index in [9.17, 15) is 18.5 Å². The Balaban J connectivity index is 2.36. The van der Waals surface area contributed by atoms with Gasteiger partial charge in [0, 0.05) is 12.3 Å². The third-order valence-electron chi connectivity index (χ3n) is 1.95. The van der Waals surface area contributed by atoms with E-state index in [0.29, 0.717) is 11.3 Å². The van der Waals surface area contributed by atoms with Crippen molar-refractivity contribution in [2.24, 2.45) is 0 Å². The van der Waals surface area contributed by atoms with Crippen LogP contribution in [0.1, 0.15) is 0 Å². The van der Waals surface area contributed by atoms with E-state index >= 15 is 0 Å². The molecule has 0 aliphatic carbocycles. The number of thiophene rings is 1. The van der Waals surface area contributed by atoms with Crippen LogP contribution in [-0.2, 0) is 10.0 Å². The number of nitrogens with one attached hydrogen (secondary N) is 1. The lowest BCUT2D eigenvalue weighted by Gasteiger charge is -2.03. The molecule has 0 unspecified atom stereocenters.